The normalized spacial score (nSPS) is 11.8. The SMILES string of the molecule is CCCN(Cc1ccc(C)cc1)S(=O)(=O)CCC(=O)O. The predicted molar refractivity (Wildman–Crippen MR) is 77.9 cm³/mol. The van der Waals surface area contributed by atoms with Crippen molar-refractivity contribution in [3.63, 3.8) is 0 Å². The monoisotopic (exact) mass is 299 g/mol. The lowest BCUT2D eigenvalue weighted by atomic mass is 10.1. The van der Waals surface area contributed by atoms with E-state index in [2.05, 4.69) is 0 Å². The largest absolute Gasteiger partial charge is 0.481 e. The molecule has 0 aromatic heterocycles. The molecule has 0 spiro atoms. The third-order valence-electron chi connectivity index (χ3n) is 2.92. The van der Waals surface area contributed by atoms with Crippen LogP contribution in [0.4, 0.5) is 0 Å². The molecule has 0 bridgehead atoms. The van der Waals surface area contributed by atoms with E-state index in [9.17, 15) is 13.2 Å². The fourth-order valence-electron chi connectivity index (χ4n) is 1.81. The summed E-state index contributed by atoms with van der Waals surface area (Å²) in [4.78, 5) is 10.5. The van der Waals surface area contributed by atoms with Gasteiger partial charge in [-0.15, -0.1) is 0 Å². The first-order valence-electron chi connectivity index (χ1n) is 6.60. The summed E-state index contributed by atoms with van der Waals surface area (Å²) in [6.07, 6.45) is 0.328. The summed E-state index contributed by atoms with van der Waals surface area (Å²) >= 11 is 0. The van der Waals surface area contributed by atoms with Gasteiger partial charge in [0.25, 0.3) is 0 Å². The number of hydrogen-bond acceptors (Lipinski definition) is 3. The van der Waals surface area contributed by atoms with Gasteiger partial charge in [-0.3, -0.25) is 4.79 Å². The number of aryl methyl sites for hydroxylation is 1. The van der Waals surface area contributed by atoms with Crippen LogP contribution in [0.25, 0.3) is 0 Å². The molecule has 5 nitrogen and oxygen atoms in total. The zero-order valence-electron chi connectivity index (χ0n) is 11.9. The molecular weight excluding hydrogens is 278 g/mol. The van der Waals surface area contributed by atoms with Gasteiger partial charge in [-0.25, -0.2) is 8.42 Å². The maximum atomic E-state index is 12.2. The third-order valence-corrected chi connectivity index (χ3v) is 4.74. The zero-order chi connectivity index (χ0) is 15.2. The van der Waals surface area contributed by atoms with Gasteiger partial charge in [-0.2, -0.15) is 4.31 Å². The smallest absolute Gasteiger partial charge is 0.304 e. The molecule has 1 aromatic rings. The van der Waals surface area contributed by atoms with E-state index in [-0.39, 0.29) is 18.7 Å². The second kappa shape index (κ2) is 7.40. The van der Waals surface area contributed by atoms with E-state index in [0.717, 1.165) is 11.1 Å². The maximum absolute atomic E-state index is 12.2. The Balaban J connectivity index is 2.82. The Hall–Kier alpha value is -1.40. The second-order valence-corrected chi connectivity index (χ2v) is 6.87. The highest BCUT2D eigenvalue weighted by atomic mass is 32.2. The van der Waals surface area contributed by atoms with Gasteiger partial charge in [0, 0.05) is 13.1 Å². The highest BCUT2D eigenvalue weighted by Gasteiger charge is 2.22. The summed E-state index contributed by atoms with van der Waals surface area (Å²) in [6.45, 7) is 4.55. The Morgan fingerprint density at radius 1 is 1.25 bits per heavy atom. The molecule has 1 N–H and O–H groups in total. The minimum atomic E-state index is -3.54. The van der Waals surface area contributed by atoms with E-state index in [1.807, 2.05) is 38.1 Å². The van der Waals surface area contributed by atoms with Gasteiger partial charge in [0.15, 0.2) is 0 Å². The third kappa shape index (κ3) is 5.30. The average Bonchev–Trinajstić information content (AvgIpc) is 2.38. The van der Waals surface area contributed by atoms with Gasteiger partial charge in [0.05, 0.1) is 12.2 Å². The van der Waals surface area contributed by atoms with Crippen molar-refractivity contribution in [3.8, 4) is 0 Å². The van der Waals surface area contributed by atoms with E-state index < -0.39 is 16.0 Å². The second-order valence-electron chi connectivity index (χ2n) is 4.78. The van der Waals surface area contributed by atoms with Gasteiger partial charge in [-0.1, -0.05) is 36.8 Å². The molecule has 0 amide bonds. The molecule has 6 heteroatoms. The lowest BCUT2D eigenvalue weighted by Gasteiger charge is -2.21. The maximum Gasteiger partial charge on any atom is 0.304 e. The Bertz CT molecular complexity index is 537. The molecule has 0 aliphatic carbocycles. The Morgan fingerprint density at radius 2 is 1.85 bits per heavy atom. The van der Waals surface area contributed by atoms with Gasteiger partial charge < -0.3 is 5.11 Å². The number of carbonyl (C=O) groups is 1. The van der Waals surface area contributed by atoms with Crippen LogP contribution in [0.3, 0.4) is 0 Å². The lowest BCUT2D eigenvalue weighted by Crippen LogP contribution is -2.34. The van der Waals surface area contributed by atoms with Crippen LogP contribution in [0.2, 0.25) is 0 Å². The Kier molecular flexibility index (Phi) is 6.16. The van der Waals surface area contributed by atoms with Crippen molar-refractivity contribution in [1.82, 2.24) is 4.31 Å². The van der Waals surface area contributed by atoms with E-state index in [1.54, 1.807) is 0 Å². The van der Waals surface area contributed by atoms with Crippen molar-refractivity contribution in [2.75, 3.05) is 12.3 Å². The van der Waals surface area contributed by atoms with Crippen LogP contribution in [0.15, 0.2) is 24.3 Å². The van der Waals surface area contributed by atoms with Gasteiger partial charge >= 0.3 is 5.97 Å². The number of carboxylic acid groups (broad SMARTS) is 1. The molecule has 112 valence electrons. The average molecular weight is 299 g/mol. The fraction of sp³-hybridized carbons (Fsp3) is 0.500. The van der Waals surface area contributed by atoms with Crippen LogP contribution >= 0.6 is 0 Å². The standard InChI is InChI=1S/C14H21NO4S/c1-3-9-15(20(18,19)10-8-14(16)17)11-13-6-4-12(2)5-7-13/h4-7H,3,8-11H2,1-2H3,(H,16,17). The highest BCUT2D eigenvalue weighted by Crippen LogP contribution is 2.12. The van der Waals surface area contributed by atoms with Crippen LogP contribution in [-0.2, 0) is 21.4 Å². The van der Waals surface area contributed by atoms with Crippen LogP contribution in [-0.4, -0.2) is 36.1 Å². The summed E-state index contributed by atoms with van der Waals surface area (Å²) < 4.78 is 25.7. The van der Waals surface area contributed by atoms with E-state index in [1.165, 1.54) is 4.31 Å². The topological polar surface area (TPSA) is 74.7 Å². The molecule has 0 saturated carbocycles. The first-order chi connectivity index (χ1) is 9.35. The first kappa shape index (κ1) is 16.7. The molecule has 1 aromatic carbocycles. The number of sulfonamides is 1. The summed E-state index contributed by atoms with van der Waals surface area (Å²) in [6, 6.07) is 7.65. The molecular formula is C14H21NO4S. The minimum absolute atomic E-state index is 0.288. The molecule has 0 aliphatic rings. The van der Waals surface area contributed by atoms with Crippen molar-refractivity contribution < 1.29 is 18.3 Å². The van der Waals surface area contributed by atoms with Crippen molar-refractivity contribution in [2.24, 2.45) is 0 Å². The summed E-state index contributed by atoms with van der Waals surface area (Å²) in [5.74, 6) is -1.45. The number of rotatable bonds is 8. The van der Waals surface area contributed by atoms with Crippen LogP contribution in [0.5, 0.6) is 0 Å². The van der Waals surface area contributed by atoms with E-state index in [0.29, 0.717) is 13.0 Å². The van der Waals surface area contributed by atoms with E-state index in [4.69, 9.17) is 5.11 Å². The van der Waals surface area contributed by atoms with Crippen LogP contribution in [0.1, 0.15) is 30.9 Å². The zero-order valence-corrected chi connectivity index (χ0v) is 12.7. The summed E-state index contributed by atoms with van der Waals surface area (Å²) in [5, 5.41) is 8.63. The molecule has 0 fully saturated rings. The van der Waals surface area contributed by atoms with Crippen molar-refractivity contribution in [3.05, 3.63) is 35.4 Å². The number of aliphatic carboxylic acids is 1. The van der Waals surface area contributed by atoms with Gasteiger partial charge in [0.2, 0.25) is 10.0 Å². The molecule has 0 heterocycles. The molecule has 0 radical (unpaired) electrons. The summed E-state index contributed by atoms with van der Waals surface area (Å²) in [5.41, 5.74) is 2.02. The molecule has 0 atom stereocenters. The van der Waals surface area contributed by atoms with Gasteiger partial charge in [0.1, 0.15) is 0 Å². The molecule has 0 aliphatic heterocycles. The molecule has 0 saturated heterocycles. The van der Waals surface area contributed by atoms with Crippen LogP contribution < -0.4 is 0 Å². The first-order valence-corrected chi connectivity index (χ1v) is 8.21. The van der Waals surface area contributed by atoms with Crippen molar-refractivity contribution in [1.29, 1.82) is 0 Å². The predicted octanol–water partition coefficient (Wildman–Crippen LogP) is 2.01. The Labute approximate surface area is 120 Å². The summed E-state index contributed by atoms with van der Waals surface area (Å²) in [7, 11) is -3.54. The van der Waals surface area contributed by atoms with Crippen LogP contribution in [0, 0.1) is 6.92 Å². The van der Waals surface area contributed by atoms with Crippen molar-refractivity contribution >= 4 is 16.0 Å². The van der Waals surface area contributed by atoms with Gasteiger partial charge in [-0.05, 0) is 18.9 Å². The van der Waals surface area contributed by atoms with E-state index >= 15 is 0 Å². The number of carboxylic acids is 1. The number of benzene rings is 1. The Morgan fingerprint density at radius 3 is 2.35 bits per heavy atom. The molecule has 20 heavy (non-hydrogen) atoms. The lowest BCUT2D eigenvalue weighted by molar-refractivity contribution is -0.136. The van der Waals surface area contributed by atoms with Crippen molar-refractivity contribution in [2.45, 2.75) is 33.2 Å². The number of nitrogens with zero attached hydrogens (tertiary/aromatic N) is 1. The fourth-order valence-corrected chi connectivity index (χ4v) is 3.31. The molecule has 0 unspecified atom stereocenters. The highest BCUT2D eigenvalue weighted by molar-refractivity contribution is 7.89. The quantitative estimate of drug-likeness (QED) is 0.797. The molecule has 1 rings (SSSR count). The number of hydrogen-bond donors (Lipinski definition) is 1. The minimum Gasteiger partial charge on any atom is -0.481 e.